The number of hydrogen-bond donors (Lipinski definition) is 0. The molecule has 22 heavy (non-hydrogen) atoms. The molecule has 0 N–H and O–H groups in total. The molecule has 112 valence electrons. The number of rotatable bonds is 1. The van der Waals surface area contributed by atoms with Crippen molar-refractivity contribution in [2.75, 3.05) is 11.9 Å². The number of carbonyl (C=O) groups is 1. The molecule has 0 spiro atoms. The summed E-state index contributed by atoms with van der Waals surface area (Å²) in [6, 6.07) is 11.0. The van der Waals surface area contributed by atoms with Crippen LogP contribution in [0, 0.1) is 5.82 Å². The predicted octanol–water partition coefficient (Wildman–Crippen LogP) is 3.68. The molecule has 0 aliphatic carbocycles. The van der Waals surface area contributed by atoms with E-state index in [1.165, 1.54) is 11.0 Å². The Labute approximate surface area is 133 Å². The summed E-state index contributed by atoms with van der Waals surface area (Å²) in [6.45, 7) is 1.70. The van der Waals surface area contributed by atoms with E-state index in [0.717, 1.165) is 0 Å². The van der Waals surface area contributed by atoms with Crippen LogP contribution in [0.3, 0.4) is 0 Å². The maximum Gasteiger partial charge on any atom is 0.251 e. The standard InChI is InChI=1S/C17H14ClFN2O/c1-10-17(22)21(2)15-8-7-11(18)9-13(15)16(20-10)12-5-3-4-6-14(12)19/h3-10H,1-2H3. The molecule has 1 heterocycles. The van der Waals surface area contributed by atoms with Gasteiger partial charge in [-0.15, -0.1) is 0 Å². The third kappa shape index (κ3) is 2.40. The van der Waals surface area contributed by atoms with Crippen LogP contribution in [-0.2, 0) is 4.79 Å². The first-order valence-electron chi connectivity index (χ1n) is 6.89. The summed E-state index contributed by atoms with van der Waals surface area (Å²) >= 11 is 6.09. The molecule has 1 atom stereocenters. The van der Waals surface area contributed by atoms with Crippen molar-refractivity contribution in [3.8, 4) is 0 Å². The summed E-state index contributed by atoms with van der Waals surface area (Å²) in [5.74, 6) is -0.522. The fraction of sp³-hybridized carbons (Fsp3) is 0.176. The lowest BCUT2D eigenvalue weighted by molar-refractivity contribution is -0.119. The van der Waals surface area contributed by atoms with Gasteiger partial charge in [-0.1, -0.05) is 23.7 Å². The second-order valence-electron chi connectivity index (χ2n) is 5.19. The number of fused-ring (bicyclic) bond motifs is 1. The van der Waals surface area contributed by atoms with Crippen LogP contribution in [0.5, 0.6) is 0 Å². The molecule has 3 rings (SSSR count). The van der Waals surface area contributed by atoms with Crippen LogP contribution in [0.15, 0.2) is 47.5 Å². The first-order valence-corrected chi connectivity index (χ1v) is 7.27. The molecular weight excluding hydrogens is 303 g/mol. The molecule has 0 bridgehead atoms. The molecule has 0 aromatic heterocycles. The third-order valence-electron chi connectivity index (χ3n) is 3.71. The number of aliphatic imine (C=N–C) groups is 1. The lowest BCUT2D eigenvalue weighted by Gasteiger charge is -2.19. The molecular formula is C17H14ClFN2O. The molecule has 1 aliphatic rings. The van der Waals surface area contributed by atoms with E-state index in [2.05, 4.69) is 4.99 Å². The van der Waals surface area contributed by atoms with Crippen molar-refractivity contribution in [3.05, 3.63) is 64.4 Å². The molecule has 3 nitrogen and oxygen atoms in total. The first kappa shape index (κ1) is 14.7. The molecule has 0 saturated carbocycles. The van der Waals surface area contributed by atoms with Gasteiger partial charge in [-0.25, -0.2) is 4.39 Å². The quantitative estimate of drug-likeness (QED) is 0.790. The van der Waals surface area contributed by atoms with Gasteiger partial charge in [0.15, 0.2) is 0 Å². The fourth-order valence-electron chi connectivity index (χ4n) is 2.58. The number of carbonyl (C=O) groups excluding carboxylic acids is 1. The highest BCUT2D eigenvalue weighted by atomic mass is 35.5. The van der Waals surface area contributed by atoms with Crippen LogP contribution in [0.1, 0.15) is 18.1 Å². The molecule has 1 unspecified atom stereocenters. The number of hydrogen-bond acceptors (Lipinski definition) is 2. The lowest BCUT2D eigenvalue weighted by Crippen LogP contribution is -2.32. The molecule has 1 aliphatic heterocycles. The predicted molar refractivity (Wildman–Crippen MR) is 86.4 cm³/mol. The van der Waals surface area contributed by atoms with E-state index in [4.69, 9.17) is 11.6 Å². The Morgan fingerprint density at radius 1 is 1.18 bits per heavy atom. The summed E-state index contributed by atoms with van der Waals surface area (Å²) < 4.78 is 14.2. The maximum atomic E-state index is 14.2. The zero-order valence-electron chi connectivity index (χ0n) is 12.2. The van der Waals surface area contributed by atoms with Gasteiger partial charge in [0.1, 0.15) is 11.9 Å². The molecule has 0 radical (unpaired) electrons. The summed E-state index contributed by atoms with van der Waals surface area (Å²) in [4.78, 5) is 18.3. The fourth-order valence-corrected chi connectivity index (χ4v) is 2.75. The molecule has 5 heteroatoms. The number of amides is 1. The van der Waals surface area contributed by atoms with E-state index in [1.54, 1.807) is 50.4 Å². The van der Waals surface area contributed by atoms with Gasteiger partial charge in [-0.2, -0.15) is 0 Å². The highest BCUT2D eigenvalue weighted by Gasteiger charge is 2.28. The second kappa shape index (κ2) is 5.54. The lowest BCUT2D eigenvalue weighted by atomic mass is 10.00. The number of likely N-dealkylation sites (N-methyl/N-ethyl adjacent to an activating group) is 1. The average molecular weight is 317 g/mol. The van der Waals surface area contributed by atoms with Crippen LogP contribution in [-0.4, -0.2) is 24.7 Å². The Kier molecular flexibility index (Phi) is 3.71. The van der Waals surface area contributed by atoms with Gasteiger partial charge in [-0.3, -0.25) is 9.79 Å². The minimum Gasteiger partial charge on any atom is -0.313 e. The summed E-state index contributed by atoms with van der Waals surface area (Å²) in [7, 11) is 1.69. The van der Waals surface area contributed by atoms with Gasteiger partial charge in [0.25, 0.3) is 5.91 Å². The van der Waals surface area contributed by atoms with Crippen molar-refractivity contribution in [1.29, 1.82) is 0 Å². The van der Waals surface area contributed by atoms with Crippen LogP contribution < -0.4 is 4.90 Å². The van der Waals surface area contributed by atoms with Crippen LogP contribution >= 0.6 is 11.6 Å². The second-order valence-corrected chi connectivity index (χ2v) is 5.63. The zero-order chi connectivity index (χ0) is 15.9. The van der Waals surface area contributed by atoms with E-state index in [9.17, 15) is 9.18 Å². The summed E-state index contributed by atoms with van der Waals surface area (Å²) in [6.07, 6.45) is 0. The van der Waals surface area contributed by atoms with E-state index < -0.39 is 6.04 Å². The van der Waals surface area contributed by atoms with Crippen molar-refractivity contribution in [2.24, 2.45) is 4.99 Å². The first-order chi connectivity index (χ1) is 10.5. The van der Waals surface area contributed by atoms with Gasteiger partial charge >= 0.3 is 0 Å². The van der Waals surface area contributed by atoms with Crippen LogP contribution in [0.25, 0.3) is 0 Å². The molecule has 1 amide bonds. The number of nitrogens with zero attached hydrogens (tertiary/aromatic N) is 2. The van der Waals surface area contributed by atoms with Gasteiger partial charge in [0.05, 0.1) is 11.4 Å². The minimum absolute atomic E-state index is 0.144. The Morgan fingerprint density at radius 2 is 1.91 bits per heavy atom. The molecule has 0 fully saturated rings. The van der Waals surface area contributed by atoms with Crippen molar-refractivity contribution in [2.45, 2.75) is 13.0 Å². The summed E-state index contributed by atoms with van der Waals surface area (Å²) in [5, 5.41) is 0.512. The number of benzodiazepines with no additional fused rings is 1. The smallest absolute Gasteiger partial charge is 0.251 e. The van der Waals surface area contributed by atoms with Crippen LogP contribution in [0.2, 0.25) is 5.02 Å². The Morgan fingerprint density at radius 3 is 2.64 bits per heavy atom. The van der Waals surface area contributed by atoms with Crippen molar-refractivity contribution in [3.63, 3.8) is 0 Å². The highest BCUT2D eigenvalue weighted by Crippen LogP contribution is 2.30. The number of benzene rings is 2. The topological polar surface area (TPSA) is 32.7 Å². The monoisotopic (exact) mass is 316 g/mol. The van der Waals surface area contributed by atoms with E-state index >= 15 is 0 Å². The van der Waals surface area contributed by atoms with Gasteiger partial charge in [-0.05, 0) is 37.3 Å². The minimum atomic E-state index is -0.592. The van der Waals surface area contributed by atoms with Gasteiger partial charge in [0.2, 0.25) is 0 Å². The maximum absolute atomic E-state index is 14.2. The van der Waals surface area contributed by atoms with Crippen LogP contribution in [0.4, 0.5) is 10.1 Å². The summed E-state index contributed by atoms with van der Waals surface area (Å²) in [5.41, 5.74) is 2.13. The van der Waals surface area contributed by atoms with Crippen molar-refractivity contribution in [1.82, 2.24) is 0 Å². The van der Waals surface area contributed by atoms with Crippen molar-refractivity contribution >= 4 is 28.9 Å². The highest BCUT2D eigenvalue weighted by molar-refractivity contribution is 6.32. The van der Waals surface area contributed by atoms with Gasteiger partial charge < -0.3 is 4.90 Å². The SMILES string of the molecule is CC1N=C(c2ccccc2F)c2cc(Cl)ccc2N(C)C1=O. The largest absolute Gasteiger partial charge is 0.313 e. The zero-order valence-corrected chi connectivity index (χ0v) is 12.9. The molecule has 0 saturated heterocycles. The molecule has 2 aromatic carbocycles. The Hall–Kier alpha value is -2.20. The van der Waals surface area contributed by atoms with E-state index in [1.807, 2.05) is 0 Å². The average Bonchev–Trinajstić information content (AvgIpc) is 2.59. The Bertz CT molecular complexity index is 788. The molecule has 2 aromatic rings. The normalized spacial score (nSPS) is 17.8. The van der Waals surface area contributed by atoms with E-state index in [0.29, 0.717) is 27.5 Å². The number of halogens is 2. The number of anilines is 1. The van der Waals surface area contributed by atoms with Gasteiger partial charge in [0, 0.05) is 23.2 Å². The van der Waals surface area contributed by atoms with E-state index in [-0.39, 0.29) is 11.7 Å². The Balaban J connectivity index is 2.31. The van der Waals surface area contributed by atoms with Crippen molar-refractivity contribution < 1.29 is 9.18 Å². The third-order valence-corrected chi connectivity index (χ3v) is 3.95.